The Bertz CT molecular complexity index is 810. The molecule has 0 bridgehead atoms. The van der Waals surface area contributed by atoms with Crippen LogP contribution in [0.3, 0.4) is 0 Å². The molecule has 5 nitrogen and oxygen atoms in total. The van der Waals surface area contributed by atoms with E-state index >= 15 is 0 Å². The molecule has 3 rings (SSSR count). The predicted molar refractivity (Wildman–Crippen MR) is 88.4 cm³/mol. The second-order valence-electron chi connectivity index (χ2n) is 5.87. The summed E-state index contributed by atoms with van der Waals surface area (Å²) < 4.78 is 1.73. The first-order valence-corrected chi connectivity index (χ1v) is 7.55. The third kappa shape index (κ3) is 3.18. The van der Waals surface area contributed by atoms with E-state index in [1.807, 2.05) is 44.2 Å². The van der Waals surface area contributed by atoms with Crippen LogP contribution in [0.15, 0.2) is 48.7 Å². The Labute approximate surface area is 134 Å². The van der Waals surface area contributed by atoms with Gasteiger partial charge in [0.1, 0.15) is 17.2 Å². The Hall–Kier alpha value is -2.82. The Morgan fingerprint density at radius 1 is 1.04 bits per heavy atom. The molecule has 3 aromatic rings. The van der Waals surface area contributed by atoms with Crippen molar-refractivity contribution in [2.45, 2.75) is 26.3 Å². The molecule has 0 aliphatic carbocycles. The van der Waals surface area contributed by atoms with Crippen molar-refractivity contribution in [1.82, 2.24) is 15.0 Å². The van der Waals surface area contributed by atoms with E-state index in [1.54, 1.807) is 16.9 Å². The van der Waals surface area contributed by atoms with Gasteiger partial charge in [-0.05, 0) is 23.1 Å². The normalized spacial score (nSPS) is 11.1. The van der Waals surface area contributed by atoms with Crippen molar-refractivity contribution in [1.29, 1.82) is 0 Å². The van der Waals surface area contributed by atoms with Crippen LogP contribution in [0.4, 0.5) is 0 Å². The number of nitrogens with zero attached hydrogens (tertiary/aromatic N) is 3. The lowest BCUT2D eigenvalue weighted by Gasteiger charge is -2.11. The summed E-state index contributed by atoms with van der Waals surface area (Å²) in [4.78, 5) is 0. The highest BCUT2D eigenvalue weighted by atomic mass is 16.3. The van der Waals surface area contributed by atoms with Crippen LogP contribution in [0, 0.1) is 0 Å². The van der Waals surface area contributed by atoms with Crippen LogP contribution in [-0.4, -0.2) is 25.2 Å². The Morgan fingerprint density at radius 3 is 2.48 bits per heavy atom. The number of aromatic nitrogens is 3. The zero-order chi connectivity index (χ0) is 16.4. The molecule has 1 heterocycles. The van der Waals surface area contributed by atoms with E-state index in [0.717, 1.165) is 11.1 Å². The number of aromatic hydroxyl groups is 2. The van der Waals surface area contributed by atoms with E-state index in [2.05, 4.69) is 10.3 Å². The molecule has 0 saturated carbocycles. The van der Waals surface area contributed by atoms with Crippen molar-refractivity contribution in [2.75, 3.05) is 0 Å². The SMILES string of the molecule is CC(C)c1cc(-c2cn(Cc3ccccc3)nn2)c(O)cc1O. The van der Waals surface area contributed by atoms with E-state index < -0.39 is 0 Å². The Kier molecular flexibility index (Phi) is 4.02. The molecule has 2 N–H and O–H groups in total. The second kappa shape index (κ2) is 6.12. The number of rotatable bonds is 4. The summed E-state index contributed by atoms with van der Waals surface area (Å²) in [6.07, 6.45) is 1.79. The molecular formula is C18H19N3O2. The summed E-state index contributed by atoms with van der Waals surface area (Å²) in [6.45, 7) is 4.59. The van der Waals surface area contributed by atoms with Crippen LogP contribution in [0.5, 0.6) is 11.5 Å². The molecule has 5 heteroatoms. The molecule has 0 unspecified atom stereocenters. The molecule has 0 fully saturated rings. The molecule has 1 aromatic heterocycles. The fourth-order valence-corrected chi connectivity index (χ4v) is 2.53. The lowest BCUT2D eigenvalue weighted by molar-refractivity contribution is 0.445. The summed E-state index contributed by atoms with van der Waals surface area (Å²) in [5.41, 5.74) is 3.06. The van der Waals surface area contributed by atoms with Gasteiger partial charge in [0.15, 0.2) is 0 Å². The second-order valence-corrected chi connectivity index (χ2v) is 5.87. The van der Waals surface area contributed by atoms with Crippen LogP contribution >= 0.6 is 0 Å². The van der Waals surface area contributed by atoms with Crippen molar-refractivity contribution in [2.24, 2.45) is 0 Å². The van der Waals surface area contributed by atoms with E-state index in [1.165, 1.54) is 6.07 Å². The van der Waals surface area contributed by atoms with Crippen LogP contribution in [-0.2, 0) is 6.54 Å². The lowest BCUT2D eigenvalue weighted by atomic mass is 9.98. The van der Waals surface area contributed by atoms with Gasteiger partial charge in [0.2, 0.25) is 0 Å². The van der Waals surface area contributed by atoms with Crippen molar-refractivity contribution in [3.8, 4) is 22.8 Å². The molecular weight excluding hydrogens is 290 g/mol. The fourth-order valence-electron chi connectivity index (χ4n) is 2.53. The van der Waals surface area contributed by atoms with Gasteiger partial charge in [-0.3, -0.25) is 0 Å². The van der Waals surface area contributed by atoms with Crippen molar-refractivity contribution >= 4 is 0 Å². The van der Waals surface area contributed by atoms with Gasteiger partial charge < -0.3 is 10.2 Å². The summed E-state index contributed by atoms with van der Waals surface area (Å²) in [7, 11) is 0. The zero-order valence-corrected chi connectivity index (χ0v) is 13.1. The maximum Gasteiger partial charge on any atom is 0.128 e. The number of phenols is 2. The molecule has 0 aliphatic rings. The topological polar surface area (TPSA) is 71.2 Å². The number of hydrogen-bond acceptors (Lipinski definition) is 4. The standard InChI is InChI=1S/C18H19N3O2/c1-12(2)14-8-15(18(23)9-17(14)22)16-11-21(20-19-16)10-13-6-4-3-5-7-13/h3-9,11-12,22-23H,10H2,1-2H3. The highest BCUT2D eigenvalue weighted by Crippen LogP contribution is 2.36. The van der Waals surface area contributed by atoms with Crippen LogP contribution in [0.2, 0.25) is 0 Å². The largest absolute Gasteiger partial charge is 0.508 e. The molecule has 0 spiro atoms. The minimum Gasteiger partial charge on any atom is -0.508 e. The minimum atomic E-state index is -0.00124. The molecule has 0 amide bonds. The van der Waals surface area contributed by atoms with Crippen molar-refractivity contribution in [3.63, 3.8) is 0 Å². The van der Waals surface area contributed by atoms with Crippen LogP contribution in [0.1, 0.15) is 30.9 Å². The van der Waals surface area contributed by atoms with Gasteiger partial charge >= 0.3 is 0 Å². The van der Waals surface area contributed by atoms with E-state index in [-0.39, 0.29) is 17.4 Å². The molecule has 118 valence electrons. The third-order valence-corrected chi connectivity index (χ3v) is 3.77. The monoisotopic (exact) mass is 309 g/mol. The van der Waals surface area contributed by atoms with Gasteiger partial charge in [0, 0.05) is 11.6 Å². The van der Waals surface area contributed by atoms with Crippen LogP contribution in [0.25, 0.3) is 11.3 Å². The van der Waals surface area contributed by atoms with Gasteiger partial charge in [-0.2, -0.15) is 0 Å². The number of hydrogen-bond donors (Lipinski definition) is 2. The van der Waals surface area contributed by atoms with Crippen molar-refractivity contribution < 1.29 is 10.2 Å². The first-order chi connectivity index (χ1) is 11.0. The maximum atomic E-state index is 10.1. The molecule has 23 heavy (non-hydrogen) atoms. The van der Waals surface area contributed by atoms with Crippen molar-refractivity contribution in [3.05, 3.63) is 59.8 Å². The summed E-state index contributed by atoms with van der Waals surface area (Å²) >= 11 is 0. The fraction of sp³-hybridized carbons (Fsp3) is 0.222. The van der Waals surface area contributed by atoms with Gasteiger partial charge in [0.05, 0.1) is 12.7 Å². The smallest absolute Gasteiger partial charge is 0.128 e. The van der Waals surface area contributed by atoms with Gasteiger partial charge in [0.25, 0.3) is 0 Å². The molecule has 0 atom stereocenters. The average Bonchev–Trinajstić information content (AvgIpc) is 2.96. The number of benzene rings is 2. The zero-order valence-electron chi connectivity index (χ0n) is 13.1. The molecule has 2 aromatic carbocycles. The summed E-state index contributed by atoms with van der Waals surface area (Å²) in [5.74, 6) is 0.241. The van der Waals surface area contributed by atoms with E-state index in [9.17, 15) is 10.2 Å². The summed E-state index contributed by atoms with van der Waals surface area (Å²) in [6, 6.07) is 13.1. The quantitative estimate of drug-likeness (QED) is 0.773. The van der Waals surface area contributed by atoms with E-state index in [4.69, 9.17) is 0 Å². The maximum absolute atomic E-state index is 10.1. The summed E-state index contributed by atoms with van der Waals surface area (Å²) in [5, 5.41) is 28.3. The number of phenolic OH excluding ortho intramolecular Hbond substituents is 2. The lowest BCUT2D eigenvalue weighted by Crippen LogP contribution is -1.99. The Morgan fingerprint density at radius 2 is 1.78 bits per heavy atom. The molecule has 0 radical (unpaired) electrons. The average molecular weight is 309 g/mol. The minimum absolute atomic E-state index is 0.00124. The highest BCUT2D eigenvalue weighted by molar-refractivity contribution is 5.69. The van der Waals surface area contributed by atoms with Gasteiger partial charge in [-0.1, -0.05) is 49.4 Å². The van der Waals surface area contributed by atoms with Crippen LogP contribution < -0.4 is 0 Å². The van der Waals surface area contributed by atoms with Gasteiger partial charge in [-0.15, -0.1) is 5.10 Å². The first-order valence-electron chi connectivity index (χ1n) is 7.55. The van der Waals surface area contributed by atoms with Gasteiger partial charge in [-0.25, -0.2) is 4.68 Å². The predicted octanol–water partition coefficient (Wildman–Crippen LogP) is 3.53. The molecule has 0 saturated heterocycles. The molecule has 0 aliphatic heterocycles. The first kappa shape index (κ1) is 15.1. The third-order valence-electron chi connectivity index (χ3n) is 3.77. The Balaban J connectivity index is 1.92. The van der Waals surface area contributed by atoms with E-state index in [0.29, 0.717) is 17.8 Å². The highest BCUT2D eigenvalue weighted by Gasteiger charge is 2.15.